The van der Waals surface area contributed by atoms with Gasteiger partial charge in [0.25, 0.3) is 5.91 Å². The number of benzene rings is 1. The molecule has 2 fully saturated rings. The molecular weight excluding hydrogens is 417 g/mol. The standard InChI is InChI=1S/C22H22FN5O4/c1-25-20(29)16-7-17(32-27-16)19(31-21(24)30)13-8-22(9-13)10-28(11-22)18-5-2-12-6-14(23)3-4-15(12)26-18/h2-7,13,19H,8-11H2,1H3,(H2,24,30)(H,25,29). The van der Waals surface area contributed by atoms with Crippen molar-refractivity contribution in [2.75, 3.05) is 25.0 Å². The quantitative estimate of drug-likeness (QED) is 0.626. The largest absolute Gasteiger partial charge is 0.438 e. The van der Waals surface area contributed by atoms with Crippen LogP contribution in [-0.4, -0.2) is 42.3 Å². The summed E-state index contributed by atoms with van der Waals surface area (Å²) < 4.78 is 24.0. The molecule has 1 spiro atoms. The van der Waals surface area contributed by atoms with Crippen LogP contribution in [0, 0.1) is 17.2 Å². The fraction of sp³-hybridized carbons (Fsp3) is 0.364. The summed E-state index contributed by atoms with van der Waals surface area (Å²) in [6, 6.07) is 9.81. The molecule has 9 nitrogen and oxygen atoms in total. The van der Waals surface area contributed by atoms with Crippen molar-refractivity contribution in [3.63, 3.8) is 0 Å². The third-order valence-electron chi connectivity index (χ3n) is 6.34. The molecule has 1 unspecified atom stereocenters. The minimum absolute atomic E-state index is 0.0164. The van der Waals surface area contributed by atoms with Crippen LogP contribution in [0.1, 0.15) is 35.2 Å². The van der Waals surface area contributed by atoms with E-state index in [0.717, 1.165) is 42.7 Å². The number of primary amides is 1. The summed E-state index contributed by atoms with van der Waals surface area (Å²) in [5.41, 5.74) is 6.24. The van der Waals surface area contributed by atoms with Crippen molar-refractivity contribution >= 4 is 28.7 Å². The Bertz CT molecular complexity index is 1200. The van der Waals surface area contributed by atoms with Gasteiger partial charge in [0.05, 0.1) is 5.52 Å². The van der Waals surface area contributed by atoms with Crippen molar-refractivity contribution in [1.29, 1.82) is 0 Å². The molecule has 2 amide bonds. The highest BCUT2D eigenvalue weighted by Crippen LogP contribution is 2.57. The maximum absolute atomic E-state index is 13.4. The molecule has 2 aromatic heterocycles. The molecule has 32 heavy (non-hydrogen) atoms. The third kappa shape index (κ3) is 3.51. The fourth-order valence-electron chi connectivity index (χ4n) is 4.88. The van der Waals surface area contributed by atoms with Crippen LogP contribution >= 0.6 is 0 Å². The number of halogens is 1. The maximum atomic E-state index is 13.4. The van der Waals surface area contributed by atoms with Crippen molar-refractivity contribution in [2.24, 2.45) is 17.1 Å². The second-order valence-corrected chi connectivity index (χ2v) is 8.58. The molecule has 1 atom stereocenters. The molecule has 3 heterocycles. The lowest BCUT2D eigenvalue weighted by Crippen LogP contribution is -2.63. The average molecular weight is 439 g/mol. The van der Waals surface area contributed by atoms with E-state index in [1.165, 1.54) is 25.2 Å². The number of ether oxygens (including phenoxy) is 1. The van der Waals surface area contributed by atoms with Crippen LogP contribution in [0.5, 0.6) is 0 Å². The third-order valence-corrected chi connectivity index (χ3v) is 6.34. The topological polar surface area (TPSA) is 124 Å². The number of anilines is 1. The zero-order chi connectivity index (χ0) is 22.5. The zero-order valence-electron chi connectivity index (χ0n) is 17.4. The molecule has 5 rings (SSSR count). The Morgan fingerprint density at radius 3 is 2.78 bits per heavy atom. The molecule has 2 aliphatic rings. The molecule has 0 radical (unpaired) electrons. The number of amides is 2. The van der Waals surface area contributed by atoms with Crippen molar-refractivity contribution in [1.82, 2.24) is 15.5 Å². The van der Waals surface area contributed by atoms with Crippen LogP contribution in [-0.2, 0) is 4.74 Å². The Kier molecular flexibility index (Phi) is 4.72. The second-order valence-electron chi connectivity index (χ2n) is 8.58. The number of nitrogens with one attached hydrogen (secondary N) is 1. The Balaban J connectivity index is 1.25. The van der Waals surface area contributed by atoms with Gasteiger partial charge < -0.3 is 25.2 Å². The number of carbonyl (C=O) groups is 2. The molecule has 1 saturated heterocycles. The average Bonchev–Trinajstić information content (AvgIpc) is 3.20. The van der Waals surface area contributed by atoms with Gasteiger partial charge in [-0.15, -0.1) is 0 Å². The van der Waals surface area contributed by atoms with E-state index in [-0.39, 0.29) is 28.8 Å². The number of aromatic nitrogens is 2. The highest BCUT2D eigenvalue weighted by Gasteiger charge is 2.56. The molecule has 1 aliphatic heterocycles. The van der Waals surface area contributed by atoms with Gasteiger partial charge in [-0.3, -0.25) is 4.79 Å². The molecule has 1 aromatic carbocycles. The zero-order valence-corrected chi connectivity index (χ0v) is 17.4. The van der Waals surface area contributed by atoms with Crippen molar-refractivity contribution in [3.05, 3.63) is 53.7 Å². The van der Waals surface area contributed by atoms with E-state index in [9.17, 15) is 14.0 Å². The molecule has 1 aliphatic carbocycles. The number of hydrogen-bond donors (Lipinski definition) is 2. The summed E-state index contributed by atoms with van der Waals surface area (Å²) >= 11 is 0. The first-order chi connectivity index (χ1) is 15.4. The summed E-state index contributed by atoms with van der Waals surface area (Å²) in [4.78, 5) is 30.0. The second kappa shape index (κ2) is 7.47. The van der Waals surface area contributed by atoms with Gasteiger partial charge in [-0.2, -0.15) is 0 Å². The van der Waals surface area contributed by atoms with E-state index in [0.29, 0.717) is 5.76 Å². The van der Waals surface area contributed by atoms with Crippen LogP contribution < -0.4 is 16.0 Å². The first kappa shape index (κ1) is 20.2. The number of nitrogens with two attached hydrogens (primary N) is 1. The van der Waals surface area contributed by atoms with Gasteiger partial charge in [0.1, 0.15) is 11.6 Å². The predicted octanol–water partition coefficient (Wildman–Crippen LogP) is 2.77. The van der Waals surface area contributed by atoms with Crippen molar-refractivity contribution in [2.45, 2.75) is 18.9 Å². The number of fused-ring (bicyclic) bond motifs is 1. The summed E-state index contributed by atoms with van der Waals surface area (Å²) in [5.74, 6) is 0.513. The lowest BCUT2D eigenvalue weighted by atomic mass is 9.56. The minimum Gasteiger partial charge on any atom is -0.438 e. The molecule has 10 heteroatoms. The summed E-state index contributed by atoms with van der Waals surface area (Å²) in [6.07, 6.45) is 0.0413. The highest BCUT2D eigenvalue weighted by atomic mass is 19.1. The number of hydrogen-bond acceptors (Lipinski definition) is 7. The number of pyridine rings is 1. The van der Waals surface area contributed by atoms with Crippen LogP contribution in [0.4, 0.5) is 15.0 Å². The van der Waals surface area contributed by atoms with Crippen LogP contribution in [0.2, 0.25) is 0 Å². The van der Waals surface area contributed by atoms with Gasteiger partial charge in [-0.1, -0.05) is 5.16 Å². The fourth-order valence-corrected chi connectivity index (χ4v) is 4.88. The predicted molar refractivity (Wildman–Crippen MR) is 112 cm³/mol. The number of carbonyl (C=O) groups excluding carboxylic acids is 2. The van der Waals surface area contributed by atoms with E-state index in [2.05, 4.69) is 20.4 Å². The van der Waals surface area contributed by atoms with E-state index in [4.69, 9.17) is 15.0 Å². The van der Waals surface area contributed by atoms with Crippen molar-refractivity contribution < 1.29 is 23.2 Å². The van der Waals surface area contributed by atoms with Crippen LogP contribution in [0.3, 0.4) is 0 Å². The van der Waals surface area contributed by atoms with Gasteiger partial charge >= 0.3 is 6.09 Å². The van der Waals surface area contributed by atoms with Crippen molar-refractivity contribution in [3.8, 4) is 0 Å². The molecule has 1 saturated carbocycles. The summed E-state index contributed by atoms with van der Waals surface area (Å²) in [5, 5.41) is 6.99. The van der Waals surface area contributed by atoms with Gasteiger partial charge in [-0.25, -0.2) is 14.2 Å². The number of rotatable bonds is 5. The summed E-state index contributed by atoms with van der Waals surface area (Å²) in [6.45, 7) is 1.65. The first-order valence-electron chi connectivity index (χ1n) is 10.3. The SMILES string of the molecule is CNC(=O)c1cc(C(OC(N)=O)C2CC3(C2)CN(c2ccc4cc(F)ccc4n2)C3)on1. The smallest absolute Gasteiger partial charge is 0.405 e. The first-order valence-corrected chi connectivity index (χ1v) is 10.3. The van der Waals surface area contributed by atoms with Gasteiger partial charge in [-0.05, 0) is 43.2 Å². The van der Waals surface area contributed by atoms with E-state index in [1.54, 1.807) is 6.07 Å². The molecular formula is C22H22FN5O4. The Hall–Kier alpha value is -3.69. The maximum Gasteiger partial charge on any atom is 0.405 e. The Labute approximate surface area is 182 Å². The van der Waals surface area contributed by atoms with E-state index < -0.39 is 12.2 Å². The summed E-state index contributed by atoms with van der Waals surface area (Å²) in [7, 11) is 1.49. The monoisotopic (exact) mass is 439 g/mol. The molecule has 3 aromatic rings. The molecule has 3 N–H and O–H groups in total. The number of nitrogens with zero attached hydrogens (tertiary/aromatic N) is 3. The minimum atomic E-state index is -0.902. The molecule has 166 valence electrons. The normalized spacial score (nSPS) is 18.1. The van der Waals surface area contributed by atoms with Gasteiger partial charge in [0, 0.05) is 42.9 Å². The van der Waals surface area contributed by atoms with Gasteiger partial charge in [0.15, 0.2) is 17.6 Å². The molecule has 0 bridgehead atoms. The lowest BCUT2D eigenvalue weighted by molar-refractivity contribution is -0.0634. The Morgan fingerprint density at radius 2 is 2.06 bits per heavy atom. The highest BCUT2D eigenvalue weighted by molar-refractivity contribution is 5.91. The van der Waals surface area contributed by atoms with Crippen LogP contribution in [0.25, 0.3) is 10.9 Å². The van der Waals surface area contributed by atoms with Crippen LogP contribution in [0.15, 0.2) is 40.9 Å². The van der Waals surface area contributed by atoms with E-state index >= 15 is 0 Å². The lowest BCUT2D eigenvalue weighted by Gasteiger charge is -2.60. The van der Waals surface area contributed by atoms with E-state index in [1.807, 2.05) is 12.1 Å². The van der Waals surface area contributed by atoms with Gasteiger partial charge in [0.2, 0.25) is 0 Å². The Morgan fingerprint density at radius 1 is 1.28 bits per heavy atom.